The molecular weight excluding hydrogens is 387 g/mol. The van der Waals surface area contributed by atoms with Crippen LogP contribution in [-0.2, 0) is 0 Å². The van der Waals surface area contributed by atoms with Gasteiger partial charge in [0.1, 0.15) is 10.9 Å². The summed E-state index contributed by atoms with van der Waals surface area (Å²) >= 11 is 36.4. The molecule has 2 aromatic rings. The second-order valence-corrected chi connectivity index (χ2v) is 5.93. The number of aromatic nitrogens is 1. The van der Waals surface area contributed by atoms with E-state index in [2.05, 4.69) is 4.98 Å². The van der Waals surface area contributed by atoms with E-state index in [1.165, 1.54) is 13.3 Å². The van der Waals surface area contributed by atoms with Gasteiger partial charge in [-0.2, -0.15) is 0 Å². The van der Waals surface area contributed by atoms with Gasteiger partial charge in [0.2, 0.25) is 0 Å². The summed E-state index contributed by atoms with van der Waals surface area (Å²) in [4.78, 5) is 3.92. The molecule has 8 heteroatoms. The molecule has 0 aliphatic rings. The minimum absolute atomic E-state index is 0.0891. The van der Waals surface area contributed by atoms with Crippen LogP contribution in [0.4, 0.5) is 0 Å². The third kappa shape index (κ3) is 2.78. The molecule has 0 aliphatic heterocycles. The molecular formula is C12H5Cl6NO. The van der Waals surface area contributed by atoms with Crippen molar-refractivity contribution in [2.45, 2.75) is 0 Å². The molecule has 0 bridgehead atoms. The lowest BCUT2D eigenvalue weighted by Gasteiger charge is -2.15. The van der Waals surface area contributed by atoms with E-state index in [9.17, 15) is 0 Å². The maximum atomic E-state index is 6.21. The van der Waals surface area contributed by atoms with Crippen molar-refractivity contribution in [3.05, 3.63) is 42.5 Å². The van der Waals surface area contributed by atoms with E-state index in [0.717, 1.165) is 0 Å². The van der Waals surface area contributed by atoms with Crippen molar-refractivity contribution >= 4 is 69.6 Å². The topological polar surface area (TPSA) is 22.1 Å². The molecule has 2 rings (SSSR count). The van der Waals surface area contributed by atoms with Crippen molar-refractivity contribution in [1.29, 1.82) is 0 Å². The minimum Gasteiger partial charge on any atom is -0.494 e. The van der Waals surface area contributed by atoms with Crippen LogP contribution in [0.1, 0.15) is 0 Å². The third-order valence-corrected chi connectivity index (χ3v) is 5.02. The van der Waals surface area contributed by atoms with Gasteiger partial charge in [0.15, 0.2) is 0 Å². The van der Waals surface area contributed by atoms with Crippen molar-refractivity contribution in [3.8, 4) is 16.9 Å². The molecule has 2 nitrogen and oxygen atoms in total. The Hall–Kier alpha value is -0.0900. The predicted octanol–water partition coefficient (Wildman–Crippen LogP) is 6.68. The van der Waals surface area contributed by atoms with Crippen LogP contribution < -0.4 is 4.74 Å². The number of hydrogen-bond donors (Lipinski definition) is 0. The summed E-state index contributed by atoms with van der Waals surface area (Å²) in [6.45, 7) is 0. The van der Waals surface area contributed by atoms with Gasteiger partial charge in [-0.05, 0) is 6.07 Å². The molecule has 1 aromatic heterocycles. The van der Waals surface area contributed by atoms with Crippen molar-refractivity contribution in [1.82, 2.24) is 4.98 Å². The van der Waals surface area contributed by atoms with Gasteiger partial charge in [-0.3, -0.25) is 0 Å². The Kier molecular flexibility index (Phi) is 5.17. The first-order valence-corrected chi connectivity index (χ1v) is 7.36. The van der Waals surface area contributed by atoms with Gasteiger partial charge in [-0.15, -0.1) is 0 Å². The molecule has 20 heavy (non-hydrogen) atoms. The first-order chi connectivity index (χ1) is 9.38. The lowest BCUT2D eigenvalue weighted by atomic mass is 10.1. The number of hydrogen-bond acceptors (Lipinski definition) is 2. The quantitative estimate of drug-likeness (QED) is 0.323. The number of methoxy groups -OCH3 is 1. The third-order valence-electron chi connectivity index (χ3n) is 2.53. The molecule has 0 amide bonds. The van der Waals surface area contributed by atoms with Crippen LogP contribution in [0.15, 0.2) is 12.3 Å². The molecule has 106 valence electrons. The predicted molar refractivity (Wildman–Crippen MR) is 86.3 cm³/mol. The highest BCUT2D eigenvalue weighted by molar-refractivity contribution is 6.56. The average molecular weight is 392 g/mol. The Morgan fingerprint density at radius 2 is 1.35 bits per heavy atom. The molecule has 1 heterocycles. The summed E-state index contributed by atoms with van der Waals surface area (Å²) < 4.78 is 5.22. The van der Waals surface area contributed by atoms with Gasteiger partial charge < -0.3 is 4.74 Å². The second kappa shape index (κ2) is 6.35. The number of nitrogens with zero attached hydrogens (tertiary/aromatic N) is 1. The molecule has 0 saturated carbocycles. The van der Waals surface area contributed by atoms with E-state index in [1.54, 1.807) is 6.07 Å². The van der Waals surface area contributed by atoms with Crippen LogP contribution in [-0.4, -0.2) is 12.1 Å². The Bertz CT molecular complexity index is 659. The summed E-state index contributed by atoms with van der Waals surface area (Å²) in [5, 5.41) is 0.861. The Morgan fingerprint density at radius 1 is 0.850 bits per heavy atom. The molecule has 0 saturated heterocycles. The summed E-state index contributed by atoms with van der Waals surface area (Å²) in [5.74, 6) is 0.424. The number of benzene rings is 1. The van der Waals surface area contributed by atoms with Crippen LogP contribution in [0.2, 0.25) is 30.3 Å². The summed E-state index contributed by atoms with van der Waals surface area (Å²) in [5.41, 5.74) is 0.900. The van der Waals surface area contributed by atoms with Crippen LogP contribution >= 0.6 is 69.6 Å². The second-order valence-electron chi connectivity index (χ2n) is 3.65. The van der Waals surface area contributed by atoms with E-state index in [1.807, 2.05) is 0 Å². The monoisotopic (exact) mass is 389 g/mol. The van der Waals surface area contributed by atoms with Gasteiger partial charge in [0.25, 0.3) is 0 Å². The molecule has 0 fully saturated rings. The maximum absolute atomic E-state index is 6.21. The first-order valence-electron chi connectivity index (χ1n) is 5.09. The largest absolute Gasteiger partial charge is 0.494 e. The molecule has 0 N–H and O–H groups in total. The van der Waals surface area contributed by atoms with Gasteiger partial charge in [0, 0.05) is 11.1 Å². The van der Waals surface area contributed by atoms with Crippen LogP contribution in [0.25, 0.3) is 11.1 Å². The number of rotatable bonds is 2. The summed E-state index contributed by atoms with van der Waals surface area (Å²) in [6, 6.07) is 1.55. The van der Waals surface area contributed by atoms with Crippen molar-refractivity contribution in [2.75, 3.05) is 7.11 Å². The smallest absolute Gasteiger partial charge is 0.145 e. The van der Waals surface area contributed by atoms with Gasteiger partial charge >= 0.3 is 0 Å². The van der Waals surface area contributed by atoms with Crippen LogP contribution in [0.5, 0.6) is 5.75 Å². The normalized spacial score (nSPS) is 10.8. The van der Waals surface area contributed by atoms with Crippen molar-refractivity contribution in [3.63, 3.8) is 0 Å². The first kappa shape index (κ1) is 16.3. The van der Waals surface area contributed by atoms with Crippen molar-refractivity contribution < 1.29 is 4.74 Å². The van der Waals surface area contributed by atoms with E-state index < -0.39 is 0 Å². The van der Waals surface area contributed by atoms with Crippen LogP contribution in [0, 0.1) is 0 Å². The number of ether oxygens (including phenoxy) is 1. The van der Waals surface area contributed by atoms with E-state index in [0.29, 0.717) is 16.9 Å². The highest BCUT2D eigenvalue weighted by Gasteiger charge is 2.23. The zero-order valence-corrected chi connectivity index (χ0v) is 14.3. The molecule has 0 spiro atoms. The van der Waals surface area contributed by atoms with Crippen molar-refractivity contribution in [2.24, 2.45) is 0 Å². The molecule has 0 unspecified atom stereocenters. The fourth-order valence-corrected chi connectivity index (χ4v) is 3.12. The minimum atomic E-state index is 0.0891. The molecule has 0 radical (unpaired) electrons. The lowest BCUT2D eigenvalue weighted by molar-refractivity contribution is 0.414. The standard InChI is InChI=1S/C12H5Cl6NO/c1-20-5-3-19-6(13)2-4(5)7-8(14)10(16)12(18)11(17)9(7)15/h2-3H,1H3. The summed E-state index contributed by atoms with van der Waals surface area (Å²) in [7, 11) is 1.48. The molecule has 1 aromatic carbocycles. The Labute approximate surface area is 145 Å². The Morgan fingerprint density at radius 3 is 1.85 bits per heavy atom. The molecule has 0 atom stereocenters. The van der Waals surface area contributed by atoms with Gasteiger partial charge in [-0.1, -0.05) is 69.6 Å². The van der Waals surface area contributed by atoms with E-state index >= 15 is 0 Å². The average Bonchev–Trinajstić information content (AvgIpc) is 2.43. The highest BCUT2D eigenvalue weighted by atomic mass is 35.5. The highest BCUT2D eigenvalue weighted by Crippen LogP contribution is 2.50. The molecule has 0 aliphatic carbocycles. The zero-order valence-electron chi connectivity index (χ0n) is 9.78. The lowest BCUT2D eigenvalue weighted by Crippen LogP contribution is -1.93. The fourth-order valence-electron chi connectivity index (χ4n) is 1.62. The SMILES string of the molecule is COc1cnc(Cl)cc1-c1c(Cl)c(Cl)c(Cl)c(Cl)c1Cl. The summed E-state index contributed by atoms with van der Waals surface area (Å²) in [6.07, 6.45) is 1.45. The fraction of sp³-hybridized carbons (Fsp3) is 0.0833. The number of pyridine rings is 1. The van der Waals surface area contributed by atoms with Gasteiger partial charge in [0.05, 0.1) is 38.4 Å². The maximum Gasteiger partial charge on any atom is 0.145 e. The number of halogens is 6. The zero-order chi connectivity index (χ0) is 15.0. The van der Waals surface area contributed by atoms with Gasteiger partial charge in [-0.25, -0.2) is 4.98 Å². The van der Waals surface area contributed by atoms with Crippen LogP contribution in [0.3, 0.4) is 0 Å². The Balaban J connectivity index is 2.86. The van der Waals surface area contributed by atoms with E-state index in [-0.39, 0.29) is 30.3 Å². The van der Waals surface area contributed by atoms with E-state index in [4.69, 9.17) is 74.3 Å².